The van der Waals surface area contributed by atoms with Crippen LogP contribution in [0.4, 0.5) is 11.6 Å². The Morgan fingerprint density at radius 2 is 1.69 bits per heavy atom. The monoisotopic (exact) mass is 464 g/mol. The van der Waals surface area contributed by atoms with Crippen LogP contribution in [0.15, 0.2) is 67.1 Å². The predicted octanol–water partition coefficient (Wildman–Crippen LogP) is 5.51. The second-order valence-corrected chi connectivity index (χ2v) is 9.59. The first-order valence-corrected chi connectivity index (χ1v) is 12.9. The quantitative estimate of drug-likeness (QED) is 0.406. The van der Waals surface area contributed by atoms with Gasteiger partial charge in [-0.1, -0.05) is 49.6 Å². The van der Waals surface area contributed by atoms with Gasteiger partial charge in [-0.15, -0.1) is 0 Å². The molecule has 6 rings (SSSR count). The summed E-state index contributed by atoms with van der Waals surface area (Å²) in [4.78, 5) is 17.0. The minimum atomic E-state index is 0.505. The molecule has 1 aromatic carbocycles. The Bertz CT molecular complexity index is 1290. The van der Waals surface area contributed by atoms with Crippen molar-refractivity contribution < 1.29 is 0 Å². The van der Waals surface area contributed by atoms with Crippen LogP contribution in [0.25, 0.3) is 33.2 Å². The molecule has 3 aromatic heterocycles. The normalized spacial score (nSPS) is 17.0. The van der Waals surface area contributed by atoms with Crippen molar-refractivity contribution >= 4 is 22.4 Å². The number of nitrogens with zero attached hydrogens (tertiary/aromatic N) is 4. The van der Waals surface area contributed by atoms with Gasteiger partial charge in [-0.3, -0.25) is 4.98 Å². The summed E-state index contributed by atoms with van der Waals surface area (Å²) in [6.45, 7) is 3.82. The van der Waals surface area contributed by atoms with Crippen LogP contribution in [-0.4, -0.2) is 47.2 Å². The van der Waals surface area contributed by atoms with E-state index < -0.39 is 0 Å². The molecule has 1 saturated carbocycles. The van der Waals surface area contributed by atoms with Gasteiger partial charge in [-0.2, -0.15) is 0 Å². The molecule has 4 aromatic rings. The lowest BCUT2D eigenvalue weighted by Crippen LogP contribution is -2.44. The van der Waals surface area contributed by atoms with Crippen molar-refractivity contribution in [2.75, 3.05) is 36.4 Å². The molecule has 35 heavy (non-hydrogen) atoms. The first-order valence-electron chi connectivity index (χ1n) is 12.9. The van der Waals surface area contributed by atoms with Crippen molar-refractivity contribution in [1.29, 1.82) is 0 Å². The molecule has 2 fully saturated rings. The molecule has 0 radical (unpaired) electrons. The molecule has 0 amide bonds. The van der Waals surface area contributed by atoms with E-state index in [-0.39, 0.29) is 0 Å². The van der Waals surface area contributed by atoms with Gasteiger partial charge in [0.25, 0.3) is 0 Å². The molecule has 0 atom stereocenters. The Labute approximate surface area is 206 Å². The summed E-state index contributed by atoms with van der Waals surface area (Å²) in [6.07, 6.45) is 12.2. The molecule has 1 aliphatic heterocycles. The molecule has 4 heterocycles. The zero-order chi connectivity index (χ0) is 23.5. The number of nitrogens with one attached hydrogen (secondary N) is 2. The van der Waals surface area contributed by atoms with E-state index in [0.29, 0.717) is 6.04 Å². The molecule has 6 heteroatoms. The van der Waals surface area contributed by atoms with E-state index in [2.05, 4.69) is 74.0 Å². The lowest BCUT2D eigenvalue weighted by atomic mass is 9.94. The summed E-state index contributed by atoms with van der Waals surface area (Å²) >= 11 is 0. The van der Waals surface area contributed by atoms with Crippen LogP contribution in [0, 0.1) is 0 Å². The van der Waals surface area contributed by atoms with Gasteiger partial charge >= 0.3 is 0 Å². The van der Waals surface area contributed by atoms with Crippen LogP contribution in [0.5, 0.6) is 0 Å². The smallest absolute Gasteiger partial charge is 0.137 e. The Morgan fingerprint density at radius 3 is 2.51 bits per heavy atom. The number of hydrogen-bond acceptors (Lipinski definition) is 6. The van der Waals surface area contributed by atoms with E-state index in [1.165, 1.54) is 32.1 Å². The van der Waals surface area contributed by atoms with Crippen LogP contribution < -0.4 is 15.5 Å². The average molecular weight is 465 g/mol. The van der Waals surface area contributed by atoms with Crippen molar-refractivity contribution in [2.45, 2.75) is 38.1 Å². The zero-order valence-electron chi connectivity index (χ0n) is 20.1. The van der Waals surface area contributed by atoms with Gasteiger partial charge < -0.3 is 15.5 Å². The van der Waals surface area contributed by atoms with E-state index in [9.17, 15) is 0 Å². The van der Waals surface area contributed by atoms with Crippen molar-refractivity contribution in [2.24, 2.45) is 0 Å². The van der Waals surface area contributed by atoms with Gasteiger partial charge in [0.2, 0.25) is 0 Å². The first kappa shape index (κ1) is 22.0. The molecule has 1 aliphatic carbocycles. The fourth-order valence-electron chi connectivity index (χ4n) is 5.47. The van der Waals surface area contributed by atoms with E-state index in [1.807, 2.05) is 18.6 Å². The molecule has 0 unspecified atom stereocenters. The molecule has 0 bridgehead atoms. The second-order valence-electron chi connectivity index (χ2n) is 9.59. The molecule has 0 spiro atoms. The highest BCUT2D eigenvalue weighted by molar-refractivity contribution is 6.07. The Kier molecular flexibility index (Phi) is 6.28. The third-order valence-electron chi connectivity index (χ3n) is 7.26. The molecule has 6 nitrogen and oxygen atoms in total. The number of fused-ring (bicyclic) bond motifs is 1. The lowest BCUT2D eigenvalue weighted by Gasteiger charge is -2.30. The minimum absolute atomic E-state index is 0.505. The van der Waals surface area contributed by atoms with E-state index >= 15 is 0 Å². The van der Waals surface area contributed by atoms with Gasteiger partial charge in [0.15, 0.2) is 0 Å². The summed E-state index contributed by atoms with van der Waals surface area (Å²) in [5.41, 5.74) is 4.35. The molecular formula is C29H32N6. The van der Waals surface area contributed by atoms with Gasteiger partial charge in [0.05, 0.1) is 5.69 Å². The van der Waals surface area contributed by atoms with Crippen molar-refractivity contribution in [3.63, 3.8) is 0 Å². The van der Waals surface area contributed by atoms with E-state index in [4.69, 9.17) is 4.98 Å². The van der Waals surface area contributed by atoms with Crippen LogP contribution in [-0.2, 0) is 0 Å². The Morgan fingerprint density at radius 1 is 0.857 bits per heavy atom. The number of piperazine rings is 1. The van der Waals surface area contributed by atoms with E-state index in [0.717, 1.165) is 71.0 Å². The highest BCUT2D eigenvalue weighted by atomic mass is 15.2. The first-order chi connectivity index (χ1) is 17.4. The molecule has 2 aliphatic rings. The number of pyridine rings is 3. The van der Waals surface area contributed by atoms with Crippen LogP contribution in [0.3, 0.4) is 0 Å². The fraction of sp³-hybridized carbons (Fsp3) is 0.345. The second kappa shape index (κ2) is 10.0. The van der Waals surface area contributed by atoms with Crippen molar-refractivity contribution in [3.05, 3.63) is 67.1 Å². The van der Waals surface area contributed by atoms with Crippen LogP contribution in [0.2, 0.25) is 0 Å². The summed E-state index contributed by atoms with van der Waals surface area (Å²) in [5, 5.41) is 9.45. The van der Waals surface area contributed by atoms with E-state index in [1.54, 1.807) is 0 Å². The van der Waals surface area contributed by atoms with Crippen molar-refractivity contribution in [1.82, 2.24) is 20.3 Å². The third-order valence-corrected chi connectivity index (χ3v) is 7.26. The van der Waals surface area contributed by atoms with Crippen molar-refractivity contribution in [3.8, 4) is 22.4 Å². The highest BCUT2D eigenvalue weighted by Gasteiger charge is 2.22. The summed E-state index contributed by atoms with van der Waals surface area (Å²) in [7, 11) is 0. The Balaban J connectivity index is 1.52. The topological polar surface area (TPSA) is 66.0 Å². The number of hydrogen-bond donors (Lipinski definition) is 2. The van der Waals surface area contributed by atoms with Gasteiger partial charge in [0.1, 0.15) is 11.6 Å². The van der Waals surface area contributed by atoms with Crippen LogP contribution in [0.1, 0.15) is 32.1 Å². The maximum absolute atomic E-state index is 5.37. The maximum Gasteiger partial charge on any atom is 0.137 e. The standard InChI is InChI=1S/C29H32N6/c1-3-7-21(8-4-1)27-25-20-31-13-12-24(25)29(35-17-15-30-16-18-35)34-28(27)22-11-14-32-26(19-22)33-23-9-5-2-6-10-23/h1,3-4,7-8,11-14,19-20,23,30H,2,5-6,9-10,15-18H2,(H,32,33). The van der Waals surface area contributed by atoms with Gasteiger partial charge in [0, 0.05) is 72.7 Å². The fourth-order valence-corrected chi connectivity index (χ4v) is 5.47. The molecule has 2 N–H and O–H groups in total. The maximum atomic E-state index is 5.37. The predicted molar refractivity (Wildman–Crippen MR) is 144 cm³/mol. The summed E-state index contributed by atoms with van der Waals surface area (Å²) < 4.78 is 0. The van der Waals surface area contributed by atoms with Gasteiger partial charge in [-0.25, -0.2) is 9.97 Å². The molecule has 1 saturated heterocycles. The molecule has 178 valence electrons. The largest absolute Gasteiger partial charge is 0.367 e. The SMILES string of the molecule is c1ccc(-c2c(-c3ccnc(NC4CCCCC4)c3)nc(N3CCNCC3)c3ccncc23)cc1. The average Bonchev–Trinajstić information content (AvgIpc) is 2.94. The minimum Gasteiger partial charge on any atom is -0.367 e. The number of benzene rings is 1. The number of anilines is 2. The highest BCUT2D eigenvalue weighted by Crippen LogP contribution is 2.40. The van der Waals surface area contributed by atoms with Crippen LogP contribution >= 0.6 is 0 Å². The zero-order valence-corrected chi connectivity index (χ0v) is 20.1. The number of aromatic nitrogens is 3. The molecular weight excluding hydrogens is 432 g/mol. The van der Waals surface area contributed by atoms with Gasteiger partial charge in [-0.05, 0) is 36.6 Å². The third kappa shape index (κ3) is 4.58. The summed E-state index contributed by atoms with van der Waals surface area (Å²) in [5.74, 6) is 1.97. The lowest BCUT2D eigenvalue weighted by molar-refractivity contribution is 0.462. The summed E-state index contributed by atoms with van der Waals surface area (Å²) in [6, 6.07) is 17.5. The Hall–Kier alpha value is -3.51. The number of rotatable bonds is 5.